The molecule has 114 valence electrons. The summed E-state index contributed by atoms with van der Waals surface area (Å²) < 4.78 is 23.8. The molecule has 3 N–H and O–H groups in total. The Labute approximate surface area is 124 Å². The van der Waals surface area contributed by atoms with Crippen LogP contribution in [0.15, 0.2) is 23.1 Å². The SMILES string of the molecule is NC1(C(=O)Nc2ccc3c(c2)S(=O)(=O)CC3)CCCCC1. The highest BCUT2D eigenvalue weighted by Crippen LogP contribution is 2.30. The van der Waals surface area contributed by atoms with Crippen molar-refractivity contribution in [2.45, 2.75) is 49.0 Å². The van der Waals surface area contributed by atoms with Gasteiger partial charge in [-0.05, 0) is 37.0 Å². The molecule has 0 spiro atoms. The van der Waals surface area contributed by atoms with Gasteiger partial charge in [0.25, 0.3) is 0 Å². The first-order valence-corrected chi connectivity index (χ1v) is 9.02. The van der Waals surface area contributed by atoms with Crippen LogP contribution in [0.1, 0.15) is 37.7 Å². The molecule has 1 fully saturated rings. The van der Waals surface area contributed by atoms with Gasteiger partial charge in [-0.3, -0.25) is 4.79 Å². The molecule has 1 amide bonds. The molecule has 0 bridgehead atoms. The summed E-state index contributed by atoms with van der Waals surface area (Å²) in [6, 6.07) is 5.09. The predicted octanol–water partition coefficient (Wildman–Crippen LogP) is 1.62. The Morgan fingerprint density at radius 3 is 2.62 bits per heavy atom. The largest absolute Gasteiger partial charge is 0.324 e. The fourth-order valence-corrected chi connectivity index (χ4v) is 4.73. The molecular formula is C15H20N2O3S. The fraction of sp³-hybridized carbons (Fsp3) is 0.533. The zero-order chi connectivity index (χ0) is 15.1. The number of nitrogens with one attached hydrogen (secondary N) is 1. The van der Waals surface area contributed by atoms with Gasteiger partial charge in [-0.1, -0.05) is 25.3 Å². The molecule has 0 radical (unpaired) electrons. The molecule has 0 aromatic heterocycles. The average molecular weight is 308 g/mol. The van der Waals surface area contributed by atoms with Crippen LogP contribution in [-0.2, 0) is 21.1 Å². The van der Waals surface area contributed by atoms with E-state index in [2.05, 4.69) is 5.32 Å². The smallest absolute Gasteiger partial charge is 0.244 e. The second-order valence-corrected chi connectivity index (χ2v) is 8.14. The van der Waals surface area contributed by atoms with Crippen molar-refractivity contribution in [1.29, 1.82) is 0 Å². The van der Waals surface area contributed by atoms with Crippen molar-refractivity contribution in [3.8, 4) is 0 Å². The summed E-state index contributed by atoms with van der Waals surface area (Å²) in [7, 11) is -3.19. The van der Waals surface area contributed by atoms with Gasteiger partial charge in [-0.25, -0.2) is 8.42 Å². The minimum atomic E-state index is -3.19. The van der Waals surface area contributed by atoms with Gasteiger partial charge in [0, 0.05) is 5.69 Å². The molecule has 5 nitrogen and oxygen atoms in total. The summed E-state index contributed by atoms with van der Waals surface area (Å²) in [5, 5.41) is 2.79. The number of nitrogens with two attached hydrogens (primary N) is 1. The number of carbonyl (C=O) groups excluding carboxylic acids is 1. The van der Waals surface area contributed by atoms with E-state index in [0.29, 0.717) is 29.8 Å². The van der Waals surface area contributed by atoms with Crippen molar-refractivity contribution in [2.24, 2.45) is 5.73 Å². The zero-order valence-electron chi connectivity index (χ0n) is 11.9. The van der Waals surface area contributed by atoms with Gasteiger partial charge in [0.2, 0.25) is 5.91 Å². The van der Waals surface area contributed by atoms with Gasteiger partial charge in [0.05, 0.1) is 16.2 Å². The van der Waals surface area contributed by atoms with E-state index in [0.717, 1.165) is 24.8 Å². The lowest BCUT2D eigenvalue weighted by molar-refractivity contribution is -0.122. The maximum atomic E-state index is 12.4. The van der Waals surface area contributed by atoms with Crippen molar-refractivity contribution < 1.29 is 13.2 Å². The van der Waals surface area contributed by atoms with Crippen LogP contribution < -0.4 is 11.1 Å². The molecule has 1 aromatic carbocycles. The monoisotopic (exact) mass is 308 g/mol. The molecule has 1 aliphatic heterocycles. The van der Waals surface area contributed by atoms with E-state index in [4.69, 9.17) is 5.73 Å². The van der Waals surface area contributed by atoms with E-state index in [1.54, 1.807) is 18.2 Å². The second-order valence-electron chi connectivity index (χ2n) is 6.06. The number of sulfone groups is 1. The predicted molar refractivity (Wildman–Crippen MR) is 80.8 cm³/mol. The normalized spacial score (nSPS) is 22.5. The zero-order valence-corrected chi connectivity index (χ0v) is 12.7. The molecule has 1 aromatic rings. The highest BCUT2D eigenvalue weighted by molar-refractivity contribution is 7.91. The lowest BCUT2D eigenvalue weighted by Gasteiger charge is -2.31. The first-order chi connectivity index (χ1) is 9.91. The maximum absolute atomic E-state index is 12.4. The summed E-state index contributed by atoms with van der Waals surface area (Å²) in [6.07, 6.45) is 4.95. The Morgan fingerprint density at radius 1 is 1.19 bits per heavy atom. The molecule has 21 heavy (non-hydrogen) atoms. The van der Waals surface area contributed by atoms with Crippen LogP contribution in [0.3, 0.4) is 0 Å². The van der Waals surface area contributed by atoms with Gasteiger partial charge in [0.15, 0.2) is 9.84 Å². The molecular weight excluding hydrogens is 288 g/mol. The van der Waals surface area contributed by atoms with E-state index in [9.17, 15) is 13.2 Å². The van der Waals surface area contributed by atoms with Crippen LogP contribution in [0, 0.1) is 0 Å². The van der Waals surface area contributed by atoms with Crippen LogP contribution in [0.5, 0.6) is 0 Å². The number of benzene rings is 1. The lowest BCUT2D eigenvalue weighted by Crippen LogP contribution is -2.52. The summed E-state index contributed by atoms with van der Waals surface area (Å²) in [4.78, 5) is 12.7. The van der Waals surface area contributed by atoms with Crippen LogP contribution >= 0.6 is 0 Å². The number of rotatable bonds is 2. The number of hydrogen-bond acceptors (Lipinski definition) is 4. The van der Waals surface area contributed by atoms with E-state index in [1.165, 1.54) is 0 Å². The molecule has 0 unspecified atom stereocenters. The number of carbonyl (C=O) groups is 1. The summed E-state index contributed by atoms with van der Waals surface area (Å²) in [6.45, 7) is 0. The molecule has 6 heteroatoms. The number of anilines is 1. The third-order valence-electron chi connectivity index (χ3n) is 4.50. The minimum Gasteiger partial charge on any atom is -0.324 e. The van der Waals surface area contributed by atoms with E-state index in [-0.39, 0.29) is 11.7 Å². The van der Waals surface area contributed by atoms with E-state index in [1.807, 2.05) is 0 Å². The molecule has 1 heterocycles. The Kier molecular flexibility index (Phi) is 3.53. The molecule has 1 aliphatic carbocycles. The Bertz CT molecular complexity index is 676. The first-order valence-electron chi connectivity index (χ1n) is 7.37. The molecule has 3 rings (SSSR count). The van der Waals surface area contributed by atoms with E-state index < -0.39 is 15.4 Å². The fourth-order valence-electron chi connectivity index (χ4n) is 3.15. The van der Waals surface area contributed by atoms with Crippen molar-refractivity contribution in [3.63, 3.8) is 0 Å². The third-order valence-corrected chi connectivity index (χ3v) is 6.29. The molecule has 1 saturated carbocycles. The summed E-state index contributed by atoms with van der Waals surface area (Å²) in [5.74, 6) is -0.0573. The van der Waals surface area contributed by atoms with Crippen molar-refractivity contribution in [1.82, 2.24) is 0 Å². The van der Waals surface area contributed by atoms with Crippen molar-refractivity contribution in [2.75, 3.05) is 11.1 Å². The molecule has 0 saturated heterocycles. The van der Waals surface area contributed by atoms with Gasteiger partial charge in [0.1, 0.15) is 0 Å². The highest BCUT2D eigenvalue weighted by atomic mass is 32.2. The summed E-state index contributed by atoms with van der Waals surface area (Å²) in [5.41, 5.74) is 6.70. The lowest BCUT2D eigenvalue weighted by atomic mass is 9.82. The number of hydrogen-bond donors (Lipinski definition) is 2. The first kappa shape index (κ1) is 14.5. The molecule has 0 atom stereocenters. The maximum Gasteiger partial charge on any atom is 0.244 e. The summed E-state index contributed by atoms with van der Waals surface area (Å²) >= 11 is 0. The van der Waals surface area contributed by atoms with Crippen LogP contribution in [0.2, 0.25) is 0 Å². The van der Waals surface area contributed by atoms with E-state index >= 15 is 0 Å². The van der Waals surface area contributed by atoms with Gasteiger partial charge >= 0.3 is 0 Å². The topological polar surface area (TPSA) is 89.3 Å². The average Bonchev–Trinajstić information content (AvgIpc) is 2.75. The number of amides is 1. The minimum absolute atomic E-state index is 0.153. The van der Waals surface area contributed by atoms with Gasteiger partial charge in [-0.15, -0.1) is 0 Å². The van der Waals surface area contributed by atoms with Gasteiger partial charge < -0.3 is 11.1 Å². The Morgan fingerprint density at radius 2 is 1.90 bits per heavy atom. The van der Waals surface area contributed by atoms with Crippen LogP contribution in [0.25, 0.3) is 0 Å². The van der Waals surface area contributed by atoms with Gasteiger partial charge in [-0.2, -0.15) is 0 Å². The second kappa shape index (κ2) is 5.10. The Hall–Kier alpha value is -1.40. The third kappa shape index (κ3) is 2.70. The van der Waals surface area contributed by atoms with Crippen LogP contribution in [0.4, 0.5) is 5.69 Å². The quantitative estimate of drug-likeness (QED) is 0.868. The number of aryl methyl sites for hydroxylation is 1. The standard InChI is InChI=1S/C15H20N2O3S/c16-15(7-2-1-3-8-15)14(18)17-12-5-4-11-6-9-21(19,20)13(11)10-12/h4-5,10H,1-3,6-9,16H2,(H,17,18). The van der Waals surface area contributed by atoms with Crippen molar-refractivity contribution in [3.05, 3.63) is 23.8 Å². The van der Waals surface area contributed by atoms with Crippen molar-refractivity contribution >= 4 is 21.4 Å². The molecule has 2 aliphatic rings. The van der Waals surface area contributed by atoms with Crippen LogP contribution in [-0.4, -0.2) is 25.6 Å². The Balaban J connectivity index is 1.81. The highest BCUT2D eigenvalue weighted by Gasteiger charge is 2.35. The number of fused-ring (bicyclic) bond motifs is 1.